The van der Waals surface area contributed by atoms with E-state index in [1.165, 1.54) is 0 Å². The summed E-state index contributed by atoms with van der Waals surface area (Å²) in [6, 6.07) is 5.99. The van der Waals surface area contributed by atoms with Crippen molar-refractivity contribution in [3.8, 4) is 11.3 Å². The maximum Gasteiger partial charge on any atom is 0.222 e. The second-order valence-corrected chi connectivity index (χ2v) is 6.19. The molecule has 1 amide bonds. The third kappa shape index (κ3) is 3.05. The summed E-state index contributed by atoms with van der Waals surface area (Å²) in [5, 5.41) is 3.48. The van der Waals surface area contributed by atoms with Crippen LogP contribution in [0.1, 0.15) is 19.8 Å². The molecule has 1 unspecified atom stereocenters. The summed E-state index contributed by atoms with van der Waals surface area (Å²) < 4.78 is 0. The predicted molar refractivity (Wildman–Crippen MR) is 96.0 cm³/mol. The van der Waals surface area contributed by atoms with Gasteiger partial charge >= 0.3 is 0 Å². The van der Waals surface area contributed by atoms with Crippen LogP contribution in [0.3, 0.4) is 0 Å². The van der Waals surface area contributed by atoms with Gasteiger partial charge in [-0.2, -0.15) is 0 Å². The molecule has 1 fully saturated rings. The maximum atomic E-state index is 11.9. The molecule has 1 saturated heterocycles. The zero-order valence-electron chi connectivity index (χ0n) is 14.1. The van der Waals surface area contributed by atoms with Crippen molar-refractivity contribution in [3.63, 3.8) is 0 Å². The Labute approximate surface area is 145 Å². The van der Waals surface area contributed by atoms with Crippen molar-refractivity contribution in [2.45, 2.75) is 25.8 Å². The van der Waals surface area contributed by atoms with E-state index in [1.807, 2.05) is 36.2 Å². The highest BCUT2D eigenvalue weighted by Gasteiger charge is 2.26. The zero-order chi connectivity index (χ0) is 17.2. The number of rotatable bonds is 4. The molecule has 3 aromatic heterocycles. The van der Waals surface area contributed by atoms with Gasteiger partial charge in [0.15, 0.2) is 5.65 Å². The molecule has 0 radical (unpaired) electrons. The Morgan fingerprint density at radius 2 is 2.32 bits per heavy atom. The van der Waals surface area contributed by atoms with Crippen molar-refractivity contribution in [2.75, 3.05) is 18.4 Å². The second-order valence-electron chi connectivity index (χ2n) is 6.19. The van der Waals surface area contributed by atoms with Gasteiger partial charge in [0.25, 0.3) is 0 Å². The molecule has 0 aliphatic carbocycles. The van der Waals surface area contributed by atoms with Gasteiger partial charge in [0.05, 0.1) is 11.9 Å². The number of carbonyl (C=O) groups excluding carboxylic acids is 1. The molecule has 7 heteroatoms. The van der Waals surface area contributed by atoms with Crippen molar-refractivity contribution in [1.82, 2.24) is 24.8 Å². The Balaban J connectivity index is 1.58. The number of carbonyl (C=O) groups is 1. The van der Waals surface area contributed by atoms with E-state index in [4.69, 9.17) is 0 Å². The fraction of sp³-hybridized carbons (Fsp3) is 0.333. The molecular formula is C18H20N6O. The van der Waals surface area contributed by atoms with E-state index < -0.39 is 0 Å². The lowest BCUT2D eigenvalue weighted by Crippen LogP contribution is -2.31. The van der Waals surface area contributed by atoms with Crippen LogP contribution < -0.4 is 5.32 Å². The number of likely N-dealkylation sites (tertiary alicyclic amines) is 1. The molecule has 1 atom stereocenters. The minimum atomic E-state index is 0.202. The molecule has 7 nitrogen and oxygen atoms in total. The molecule has 128 valence electrons. The van der Waals surface area contributed by atoms with E-state index in [0.29, 0.717) is 13.0 Å². The molecule has 25 heavy (non-hydrogen) atoms. The smallest absolute Gasteiger partial charge is 0.222 e. The number of amides is 1. The van der Waals surface area contributed by atoms with Crippen molar-refractivity contribution in [3.05, 3.63) is 36.8 Å². The quantitative estimate of drug-likeness (QED) is 0.764. The van der Waals surface area contributed by atoms with Gasteiger partial charge in [0, 0.05) is 43.5 Å². The number of aromatic amines is 1. The number of anilines is 1. The molecule has 0 saturated carbocycles. The highest BCUT2D eigenvalue weighted by atomic mass is 16.2. The van der Waals surface area contributed by atoms with E-state index in [1.54, 1.807) is 12.4 Å². The number of hydrogen-bond acceptors (Lipinski definition) is 5. The SMILES string of the molecule is CCC(=O)N1CCC(Nc2ncccc2-c2cnc3[nH]ccc3n2)C1. The van der Waals surface area contributed by atoms with Gasteiger partial charge < -0.3 is 15.2 Å². The number of hydrogen-bond donors (Lipinski definition) is 2. The van der Waals surface area contributed by atoms with Crippen LogP contribution in [-0.2, 0) is 4.79 Å². The third-order valence-corrected chi connectivity index (χ3v) is 4.53. The summed E-state index contributed by atoms with van der Waals surface area (Å²) in [6.07, 6.45) is 6.81. The molecule has 4 heterocycles. The van der Waals surface area contributed by atoms with Crippen LogP contribution in [-0.4, -0.2) is 49.9 Å². The lowest BCUT2D eigenvalue weighted by Gasteiger charge is -2.18. The van der Waals surface area contributed by atoms with Gasteiger partial charge in [0.1, 0.15) is 11.3 Å². The monoisotopic (exact) mass is 336 g/mol. The number of fused-ring (bicyclic) bond motifs is 1. The van der Waals surface area contributed by atoms with Crippen LogP contribution in [0.15, 0.2) is 36.8 Å². The average molecular weight is 336 g/mol. The molecule has 0 spiro atoms. The van der Waals surface area contributed by atoms with E-state index in [2.05, 4.69) is 25.3 Å². The Morgan fingerprint density at radius 3 is 3.20 bits per heavy atom. The normalized spacial score (nSPS) is 17.2. The van der Waals surface area contributed by atoms with Crippen LogP contribution >= 0.6 is 0 Å². The Morgan fingerprint density at radius 1 is 1.40 bits per heavy atom. The number of nitrogens with zero attached hydrogens (tertiary/aromatic N) is 4. The maximum absolute atomic E-state index is 11.9. The first kappa shape index (κ1) is 15.6. The molecular weight excluding hydrogens is 316 g/mol. The van der Waals surface area contributed by atoms with Gasteiger partial charge in [-0.15, -0.1) is 0 Å². The van der Waals surface area contributed by atoms with Crippen LogP contribution in [0.2, 0.25) is 0 Å². The molecule has 0 bridgehead atoms. The number of H-pyrrole nitrogens is 1. The Bertz CT molecular complexity index is 905. The number of pyridine rings is 1. The molecule has 4 rings (SSSR count). The summed E-state index contributed by atoms with van der Waals surface area (Å²) in [6.45, 7) is 3.41. The lowest BCUT2D eigenvalue weighted by atomic mass is 10.1. The second kappa shape index (κ2) is 6.51. The van der Waals surface area contributed by atoms with Crippen molar-refractivity contribution >= 4 is 22.9 Å². The van der Waals surface area contributed by atoms with Gasteiger partial charge in [-0.1, -0.05) is 6.92 Å². The first-order valence-electron chi connectivity index (χ1n) is 8.54. The molecule has 3 aromatic rings. The molecule has 1 aliphatic heterocycles. The minimum absolute atomic E-state index is 0.202. The first-order chi connectivity index (χ1) is 12.2. The van der Waals surface area contributed by atoms with E-state index in [9.17, 15) is 4.79 Å². The number of aromatic nitrogens is 4. The summed E-state index contributed by atoms with van der Waals surface area (Å²) in [5.41, 5.74) is 3.29. The number of nitrogens with one attached hydrogen (secondary N) is 2. The summed E-state index contributed by atoms with van der Waals surface area (Å²) in [4.78, 5) is 30.4. The van der Waals surface area contributed by atoms with Gasteiger partial charge in [-0.05, 0) is 24.6 Å². The molecule has 2 N–H and O–H groups in total. The van der Waals surface area contributed by atoms with E-state index in [-0.39, 0.29) is 11.9 Å². The van der Waals surface area contributed by atoms with Crippen LogP contribution in [0.5, 0.6) is 0 Å². The Kier molecular flexibility index (Phi) is 4.05. The predicted octanol–water partition coefficient (Wildman–Crippen LogP) is 2.44. The van der Waals surface area contributed by atoms with Gasteiger partial charge in [0.2, 0.25) is 5.91 Å². The van der Waals surface area contributed by atoms with Crippen molar-refractivity contribution in [2.24, 2.45) is 0 Å². The fourth-order valence-electron chi connectivity index (χ4n) is 3.21. The third-order valence-electron chi connectivity index (χ3n) is 4.53. The molecule has 1 aliphatic rings. The van der Waals surface area contributed by atoms with Gasteiger partial charge in [-0.3, -0.25) is 4.79 Å². The molecule has 0 aromatic carbocycles. The zero-order valence-corrected chi connectivity index (χ0v) is 14.1. The summed E-state index contributed by atoms with van der Waals surface area (Å²) in [5.74, 6) is 0.983. The highest BCUT2D eigenvalue weighted by molar-refractivity contribution is 5.78. The van der Waals surface area contributed by atoms with Crippen molar-refractivity contribution in [1.29, 1.82) is 0 Å². The van der Waals surface area contributed by atoms with Crippen LogP contribution in [0, 0.1) is 0 Å². The topological polar surface area (TPSA) is 86.8 Å². The Hall–Kier alpha value is -2.96. The standard InChI is InChI=1S/C18H20N6O/c1-2-16(25)24-9-6-12(11-24)22-17-13(4-3-7-19-17)15-10-21-18-14(23-15)5-8-20-18/h3-5,7-8,10,12H,2,6,9,11H2,1H3,(H,19,22)(H,20,21). The first-order valence-corrected chi connectivity index (χ1v) is 8.54. The summed E-state index contributed by atoms with van der Waals surface area (Å²) in [7, 11) is 0. The van der Waals surface area contributed by atoms with Gasteiger partial charge in [-0.25, -0.2) is 15.0 Å². The fourth-order valence-corrected chi connectivity index (χ4v) is 3.21. The lowest BCUT2D eigenvalue weighted by molar-refractivity contribution is -0.129. The van der Waals surface area contributed by atoms with Crippen LogP contribution in [0.25, 0.3) is 22.4 Å². The van der Waals surface area contributed by atoms with E-state index >= 15 is 0 Å². The minimum Gasteiger partial charge on any atom is -0.365 e. The van der Waals surface area contributed by atoms with Crippen LogP contribution in [0.4, 0.5) is 5.82 Å². The average Bonchev–Trinajstić information content (AvgIpc) is 3.30. The van der Waals surface area contributed by atoms with E-state index in [0.717, 1.165) is 41.2 Å². The highest BCUT2D eigenvalue weighted by Crippen LogP contribution is 2.26. The summed E-state index contributed by atoms with van der Waals surface area (Å²) >= 11 is 0. The van der Waals surface area contributed by atoms with Crippen molar-refractivity contribution < 1.29 is 4.79 Å². The largest absolute Gasteiger partial charge is 0.365 e.